The number of benzene rings is 1. The van der Waals surface area contributed by atoms with E-state index in [1.807, 2.05) is 0 Å². The summed E-state index contributed by atoms with van der Waals surface area (Å²) in [7, 11) is -3.50. The Kier molecular flexibility index (Phi) is 5.80. The van der Waals surface area contributed by atoms with Crippen molar-refractivity contribution in [1.29, 1.82) is 0 Å². The summed E-state index contributed by atoms with van der Waals surface area (Å²) in [5.74, 6) is 5.88. The number of aryl methyl sites for hydroxylation is 1. The number of anilines is 1. The van der Waals surface area contributed by atoms with E-state index in [1.165, 1.54) is 39.6 Å². The first-order chi connectivity index (χ1) is 15.2. The van der Waals surface area contributed by atoms with Crippen molar-refractivity contribution in [2.45, 2.75) is 6.92 Å². The fourth-order valence-corrected chi connectivity index (χ4v) is 4.99. The molecule has 0 aliphatic rings. The van der Waals surface area contributed by atoms with Crippen LogP contribution in [-0.4, -0.2) is 33.9 Å². The van der Waals surface area contributed by atoms with Gasteiger partial charge in [-0.1, -0.05) is 40.6 Å². The van der Waals surface area contributed by atoms with E-state index >= 15 is 0 Å². The van der Waals surface area contributed by atoms with Gasteiger partial charge in [-0.3, -0.25) is 9.52 Å². The van der Waals surface area contributed by atoms with Gasteiger partial charge in [0, 0.05) is 21.0 Å². The highest BCUT2D eigenvalue weighted by molar-refractivity contribution is 8.04. The van der Waals surface area contributed by atoms with Crippen molar-refractivity contribution >= 4 is 66.9 Å². The van der Waals surface area contributed by atoms with Gasteiger partial charge in [0.2, 0.25) is 5.23 Å². The average Bonchev–Trinajstić information content (AvgIpc) is 3.29. The highest BCUT2D eigenvalue weighted by Crippen LogP contribution is 2.27. The molecule has 0 aliphatic heterocycles. The van der Waals surface area contributed by atoms with Crippen LogP contribution in [0.1, 0.15) is 10.6 Å². The van der Waals surface area contributed by atoms with Gasteiger partial charge in [0.1, 0.15) is 10.6 Å². The van der Waals surface area contributed by atoms with E-state index in [0.29, 0.717) is 25.6 Å². The Balaban J connectivity index is 1.73. The smallest absolute Gasteiger partial charge is 0.298 e. The van der Waals surface area contributed by atoms with Crippen LogP contribution in [0, 0.1) is 6.92 Å². The second kappa shape index (κ2) is 8.41. The number of hydrogen-bond acceptors (Lipinski definition) is 8. The summed E-state index contributed by atoms with van der Waals surface area (Å²) >= 11 is 13.4. The number of nitrogens with two attached hydrogens (primary N) is 1. The van der Waals surface area contributed by atoms with Crippen molar-refractivity contribution in [3.63, 3.8) is 0 Å². The maximum absolute atomic E-state index is 13.0. The van der Waals surface area contributed by atoms with E-state index in [9.17, 15) is 13.8 Å². The molecule has 14 heteroatoms. The first kappa shape index (κ1) is 22.1. The molecule has 0 bridgehead atoms. The zero-order valence-electron chi connectivity index (χ0n) is 16.2. The molecule has 0 fully saturated rings. The fourth-order valence-electron chi connectivity index (χ4n) is 2.80. The summed E-state index contributed by atoms with van der Waals surface area (Å²) in [6.45, 7) is 1.76. The Morgan fingerprint density at radius 3 is 2.62 bits per heavy atom. The van der Waals surface area contributed by atoms with Crippen molar-refractivity contribution in [3.05, 3.63) is 67.0 Å². The zero-order chi connectivity index (χ0) is 23.0. The summed E-state index contributed by atoms with van der Waals surface area (Å²) in [4.78, 5) is 29.2. The van der Waals surface area contributed by atoms with Crippen LogP contribution in [0.4, 0.5) is 5.69 Å². The molecule has 0 amide bonds. The average molecular weight is 510 g/mol. The van der Waals surface area contributed by atoms with E-state index in [1.54, 1.807) is 25.1 Å². The van der Waals surface area contributed by atoms with E-state index in [2.05, 4.69) is 19.9 Å². The molecule has 164 valence electrons. The summed E-state index contributed by atoms with van der Waals surface area (Å²) in [5, 5.41) is 12.2. The quantitative estimate of drug-likeness (QED) is 0.311. The molecule has 3 N–H and O–H groups in total. The van der Waals surface area contributed by atoms with Crippen molar-refractivity contribution in [2.24, 2.45) is 0 Å². The lowest BCUT2D eigenvalue weighted by Crippen LogP contribution is -2.27. The van der Waals surface area contributed by atoms with Gasteiger partial charge in [-0.05, 0) is 25.1 Å². The molecule has 0 spiro atoms. The second-order valence-electron chi connectivity index (χ2n) is 6.39. The molecule has 1 atom stereocenters. The molecule has 32 heavy (non-hydrogen) atoms. The van der Waals surface area contributed by atoms with Crippen LogP contribution in [-0.2, 0) is 14.5 Å². The predicted molar refractivity (Wildman–Crippen MR) is 126 cm³/mol. The molecule has 0 radical (unpaired) electrons. The maximum Gasteiger partial charge on any atom is 0.298 e. The van der Waals surface area contributed by atoms with Crippen LogP contribution >= 0.6 is 34.5 Å². The molecule has 0 saturated carbocycles. The van der Waals surface area contributed by atoms with Crippen LogP contribution < -0.4 is 16.1 Å². The lowest BCUT2D eigenvalue weighted by atomic mass is 10.2. The van der Waals surface area contributed by atoms with Crippen LogP contribution in [0.25, 0.3) is 22.3 Å². The maximum atomic E-state index is 13.0. The molecule has 0 saturated heterocycles. The monoisotopic (exact) mass is 509 g/mol. The molecular formula is C18H13Cl2N7O3S2. The highest BCUT2D eigenvalue weighted by atomic mass is 35.5. The Bertz CT molecular complexity index is 1570. The number of aromatic nitrogens is 5. The van der Waals surface area contributed by atoms with E-state index in [-0.39, 0.29) is 16.9 Å². The molecular weight excluding hydrogens is 497 g/mol. The van der Waals surface area contributed by atoms with Crippen molar-refractivity contribution < 1.29 is 9.00 Å². The van der Waals surface area contributed by atoms with Crippen LogP contribution in [0.3, 0.4) is 0 Å². The second-order valence-corrected chi connectivity index (χ2v) is 10.2. The lowest BCUT2D eigenvalue weighted by molar-refractivity contribution is 0.570. The Hall–Kier alpha value is -3.15. The van der Waals surface area contributed by atoms with Crippen molar-refractivity contribution in [2.75, 3.05) is 10.6 Å². The van der Waals surface area contributed by atoms with Gasteiger partial charge in [0.15, 0.2) is 20.4 Å². The topological polar surface area (TPSA) is 137 Å². The summed E-state index contributed by atoms with van der Waals surface area (Å²) in [6, 6.07) is 4.87. The highest BCUT2D eigenvalue weighted by Gasteiger charge is 2.20. The van der Waals surface area contributed by atoms with Gasteiger partial charge >= 0.3 is 0 Å². The van der Waals surface area contributed by atoms with Gasteiger partial charge in [0.05, 0.1) is 18.1 Å². The van der Waals surface area contributed by atoms with Crippen LogP contribution in [0.5, 0.6) is 0 Å². The zero-order valence-corrected chi connectivity index (χ0v) is 19.3. The molecule has 4 aromatic rings. The number of halogens is 2. The number of carbonyl (C=O) groups excluding carboxylic acids is 1. The minimum absolute atomic E-state index is 0.148. The summed E-state index contributed by atoms with van der Waals surface area (Å²) in [5.41, 5.74) is 0.406. The molecule has 0 aliphatic carbocycles. The van der Waals surface area contributed by atoms with Gasteiger partial charge < -0.3 is 5.84 Å². The number of hydrogen-bond donors (Lipinski definition) is 2. The SMILES string of the molecule is Cc1nnc(-c2c(=O)n(N)n3cc(NS(=O)(=C=O)C=Cc4c(Cl)cccc4Cl)cnc23)s1. The number of nitrogen functional groups attached to an aromatic ring is 1. The fraction of sp³-hybridized carbons (Fsp3) is 0.0556. The first-order valence-corrected chi connectivity index (χ1v) is 11.9. The molecule has 1 aromatic carbocycles. The van der Waals surface area contributed by atoms with E-state index in [4.69, 9.17) is 29.0 Å². The summed E-state index contributed by atoms with van der Waals surface area (Å²) < 4.78 is 16.8. The Morgan fingerprint density at radius 2 is 2.00 bits per heavy atom. The van der Waals surface area contributed by atoms with Crippen LogP contribution in [0.2, 0.25) is 10.0 Å². The third-order valence-electron chi connectivity index (χ3n) is 4.24. The van der Waals surface area contributed by atoms with Crippen molar-refractivity contribution in [3.8, 4) is 10.6 Å². The standard InChI is InChI=1S/C18H13Cl2N7O3S2/c1-10-23-24-17(31-10)15-16-22-7-11(8-26(16)27(21)18(15)29)25-32(30,9-28)6-5-12-13(19)3-2-4-14(12)20/h2-8H,21H2,1H3,(H,25,30). The number of rotatable bonds is 5. The van der Waals surface area contributed by atoms with Gasteiger partial charge in [-0.15, -0.1) is 10.2 Å². The summed E-state index contributed by atoms with van der Waals surface area (Å²) in [6.07, 6.45) is 4.04. The largest absolute Gasteiger partial charge is 0.321 e. The van der Waals surface area contributed by atoms with E-state index < -0.39 is 15.3 Å². The lowest BCUT2D eigenvalue weighted by Gasteiger charge is -2.08. The minimum atomic E-state index is -3.50. The number of nitrogens with one attached hydrogen (secondary N) is 1. The molecule has 1 unspecified atom stereocenters. The Labute approximate surface area is 195 Å². The van der Waals surface area contributed by atoms with Crippen molar-refractivity contribution in [1.82, 2.24) is 24.5 Å². The predicted octanol–water partition coefficient (Wildman–Crippen LogP) is 2.69. The minimum Gasteiger partial charge on any atom is -0.321 e. The van der Waals surface area contributed by atoms with Gasteiger partial charge in [-0.25, -0.2) is 18.5 Å². The third-order valence-corrected chi connectivity index (χ3v) is 7.06. The normalized spacial score (nSPS) is 13.3. The number of nitrogens with zero attached hydrogens (tertiary/aromatic N) is 5. The molecule has 3 aromatic heterocycles. The van der Waals surface area contributed by atoms with Gasteiger partial charge in [-0.2, -0.15) is 4.79 Å². The molecule has 4 rings (SSSR count). The number of fused-ring (bicyclic) bond motifs is 1. The van der Waals surface area contributed by atoms with Crippen LogP contribution in [0.15, 0.2) is 40.8 Å². The Morgan fingerprint density at radius 1 is 1.28 bits per heavy atom. The van der Waals surface area contributed by atoms with Gasteiger partial charge in [0.25, 0.3) is 5.56 Å². The van der Waals surface area contributed by atoms with E-state index in [0.717, 1.165) is 10.2 Å². The molecule has 3 heterocycles. The third kappa shape index (κ3) is 4.01. The molecule has 10 nitrogen and oxygen atoms in total. The first-order valence-electron chi connectivity index (χ1n) is 8.74.